The Balaban J connectivity index is 1.59. The van der Waals surface area contributed by atoms with Crippen LogP contribution in [0.5, 0.6) is 0 Å². The molecule has 0 bridgehead atoms. The lowest BCUT2D eigenvalue weighted by Gasteiger charge is -2.28. The summed E-state index contributed by atoms with van der Waals surface area (Å²) < 4.78 is 15.2. The number of carboxylic acid groups (broad SMARTS) is 1. The van der Waals surface area contributed by atoms with Crippen molar-refractivity contribution in [2.24, 2.45) is 0 Å². The van der Waals surface area contributed by atoms with Gasteiger partial charge in [0.2, 0.25) is 5.91 Å². The van der Waals surface area contributed by atoms with Gasteiger partial charge >= 0.3 is 5.97 Å². The molecule has 1 aromatic heterocycles. The van der Waals surface area contributed by atoms with Gasteiger partial charge in [-0.2, -0.15) is 0 Å². The minimum Gasteiger partial charge on any atom is -0.476 e. The molecule has 0 aliphatic heterocycles. The average molecular weight is 481 g/mol. The largest absolute Gasteiger partial charge is 0.476 e. The molecule has 178 valence electrons. The van der Waals surface area contributed by atoms with E-state index >= 15 is 4.39 Å². The molecular formula is C27H29FN2O3S. The lowest BCUT2D eigenvalue weighted by atomic mass is 9.92. The molecule has 3 aromatic rings. The van der Waals surface area contributed by atoms with E-state index in [1.54, 1.807) is 6.92 Å². The van der Waals surface area contributed by atoms with E-state index in [0.29, 0.717) is 9.88 Å². The van der Waals surface area contributed by atoms with Crippen molar-refractivity contribution in [3.8, 4) is 0 Å². The summed E-state index contributed by atoms with van der Waals surface area (Å²) in [5, 5.41) is 9.87. The molecule has 1 heterocycles. The quantitative estimate of drug-likeness (QED) is 0.424. The highest BCUT2D eigenvalue weighted by atomic mass is 32.1. The van der Waals surface area contributed by atoms with Crippen molar-refractivity contribution in [1.82, 2.24) is 9.88 Å². The predicted octanol–water partition coefficient (Wildman–Crippen LogP) is 5.35. The minimum atomic E-state index is -1.25. The van der Waals surface area contributed by atoms with E-state index in [-0.39, 0.29) is 31.1 Å². The van der Waals surface area contributed by atoms with Crippen LogP contribution in [0.2, 0.25) is 0 Å². The Kier molecular flexibility index (Phi) is 7.12. The van der Waals surface area contributed by atoms with Crippen LogP contribution in [0.4, 0.5) is 4.39 Å². The van der Waals surface area contributed by atoms with Crippen molar-refractivity contribution >= 4 is 23.2 Å². The van der Waals surface area contributed by atoms with Crippen LogP contribution in [-0.2, 0) is 29.6 Å². The molecule has 0 saturated heterocycles. The fraction of sp³-hybridized carbons (Fsp3) is 0.370. The second kappa shape index (κ2) is 10.1. The first-order valence-electron chi connectivity index (χ1n) is 11.6. The highest BCUT2D eigenvalue weighted by Crippen LogP contribution is 2.50. The second-order valence-electron chi connectivity index (χ2n) is 8.92. The van der Waals surface area contributed by atoms with Gasteiger partial charge in [-0.3, -0.25) is 4.79 Å². The van der Waals surface area contributed by atoms with Crippen LogP contribution < -0.4 is 0 Å². The third-order valence-electron chi connectivity index (χ3n) is 6.45. The molecule has 1 atom stereocenters. The summed E-state index contributed by atoms with van der Waals surface area (Å²) in [7, 11) is 0. The summed E-state index contributed by atoms with van der Waals surface area (Å²) in [5.74, 6) is -1.21. The normalized spacial score (nSPS) is 15.0. The zero-order chi connectivity index (χ0) is 24.3. The number of aromatic carboxylic acids is 1. The van der Waals surface area contributed by atoms with Gasteiger partial charge in [0.25, 0.3) is 0 Å². The number of hydrogen-bond donors (Lipinski definition) is 1. The zero-order valence-electron chi connectivity index (χ0n) is 19.5. The number of alkyl halides is 1. The first-order chi connectivity index (χ1) is 16.3. The van der Waals surface area contributed by atoms with Crippen LogP contribution >= 0.6 is 11.3 Å². The van der Waals surface area contributed by atoms with Crippen LogP contribution in [0.3, 0.4) is 0 Å². The molecule has 1 aliphatic rings. The molecule has 0 radical (unpaired) electrons. The van der Waals surface area contributed by atoms with Gasteiger partial charge in [-0.25, -0.2) is 14.2 Å². The molecule has 1 N–H and O–H groups in total. The highest BCUT2D eigenvalue weighted by molar-refractivity contribution is 7.11. The molecule has 1 saturated carbocycles. The van der Waals surface area contributed by atoms with Crippen LogP contribution in [0, 0.1) is 6.92 Å². The van der Waals surface area contributed by atoms with Gasteiger partial charge < -0.3 is 10.0 Å². The molecule has 1 fully saturated rings. The SMILES string of the molecule is CCc1ccc(C2(C(=O)N(Cc3nc(C(=O)O)c(C)s3)CC(F)Cc3ccccc3)CC2)cc1. The van der Waals surface area contributed by atoms with Crippen LogP contribution in [0.1, 0.15) is 56.8 Å². The fourth-order valence-corrected chi connectivity index (χ4v) is 5.33. The summed E-state index contributed by atoms with van der Waals surface area (Å²) in [6, 6.07) is 17.5. The van der Waals surface area contributed by atoms with Gasteiger partial charge in [0.15, 0.2) is 5.69 Å². The van der Waals surface area contributed by atoms with Crippen molar-refractivity contribution in [1.29, 1.82) is 0 Å². The number of amides is 1. The molecule has 4 rings (SSSR count). The number of halogens is 1. The molecule has 5 nitrogen and oxygen atoms in total. The number of benzene rings is 2. The molecule has 1 unspecified atom stereocenters. The smallest absolute Gasteiger partial charge is 0.355 e. The average Bonchev–Trinajstić information content (AvgIpc) is 3.55. The second-order valence-corrected chi connectivity index (χ2v) is 10.2. The van der Waals surface area contributed by atoms with Gasteiger partial charge in [0, 0.05) is 11.3 Å². The number of hydrogen-bond acceptors (Lipinski definition) is 4. The zero-order valence-corrected chi connectivity index (χ0v) is 20.3. The molecular weight excluding hydrogens is 451 g/mol. The molecule has 1 aliphatic carbocycles. The monoisotopic (exact) mass is 480 g/mol. The number of thiazole rings is 1. The fourth-order valence-electron chi connectivity index (χ4n) is 4.39. The van der Waals surface area contributed by atoms with E-state index in [1.807, 2.05) is 54.6 Å². The Morgan fingerprint density at radius 3 is 2.35 bits per heavy atom. The van der Waals surface area contributed by atoms with Crippen LogP contribution in [-0.4, -0.2) is 39.6 Å². The first kappa shape index (κ1) is 24.1. The van der Waals surface area contributed by atoms with Crippen LogP contribution in [0.15, 0.2) is 54.6 Å². The van der Waals surface area contributed by atoms with Crippen molar-refractivity contribution in [3.63, 3.8) is 0 Å². The molecule has 0 spiro atoms. The van der Waals surface area contributed by atoms with E-state index in [4.69, 9.17) is 0 Å². The van der Waals surface area contributed by atoms with Gasteiger partial charge in [0.1, 0.15) is 11.2 Å². The number of rotatable bonds is 10. The summed E-state index contributed by atoms with van der Waals surface area (Å²) in [6.45, 7) is 3.82. The predicted molar refractivity (Wildman–Crippen MR) is 131 cm³/mol. The van der Waals surface area contributed by atoms with Crippen LogP contribution in [0.25, 0.3) is 0 Å². The first-order valence-corrected chi connectivity index (χ1v) is 12.4. The van der Waals surface area contributed by atoms with Crippen molar-refractivity contribution in [2.75, 3.05) is 6.54 Å². The van der Waals surface area contributed by atoms with Gasteiger partial charge in [-0.15, -0.1) is 11.3 Å². The van der Waals surface area contributed by atoms with Crippen molar-refractivity contribution < 1.29 is 19.1 Å². The van der Waals surface area contributed by atoms with E-state index in [2.05, 4.69) is 11.9 Å². The number of aryl methyl sites for hydroxylation is 2. The maximum absolute atomic E-state index is 15.2. The van der Waals surface area contributed by atoms with Crippen molar-refractivity contribution in [3.05, 3.63) is 86.9 Å². The van der Waals surface area contributed by atoms with Gasteiger partial charge in [-0.05, 0) is 42.9 Å². The number of nitrogens with zero attached hydrogens (tertiary/aromatic N) is 2. The Labute approximate surface area is 203 Å². The Hall–Kier alpha value is -3.06. The molecule has 7 heteroatoms. The number of carbonyl (C=O) groups excluding carboxylic acids is 1. The Bertz CT molecular complexity index is 1160. The summed E-state index contributed by atoms with van der Waals surface area (Å²) in [6.07, 6.45) is 1.33. The number of carbonyl (C=O) groups is 2. The van der Waals surface area contributed by atoms with E-state index in [1.165, 1.54) is 21.8 Å². The maximum Gasteiger partial charge on any atom is 0.355 e. The van der Waals surface area contributed by atoms with Gasteiger partial charge in [-0.1, -0.05) is 61.5 Å². The Morgan fingerprint density at radius 2 is 1.79 bits per heavy atom. The summed E-state index contributed by atoms with van der Waals surface area (Å²) in [5.41, 5.74) is 2.39. The number of aromatic nitrogens is 1. The minimum absolute atomic E-state index is 0.00947. The summed E-state index contributed by atoms with van der Waals surface area (Å²) in [4.78, 5) is 31.6. The Morgan fingerprint density at radius 1 is 1.12 bits per heavy atom. The third-order valence-corrected chi connectivity index (χ3v) is 7.41. The molecule has 34 heavy (non-hydrogen) atoms. The van der Waals surface area contributed by atoms with Crippen molar-refractivity contribution in [2.45, 2.75) is 57.7 Å². The van der Waals surface area contributed by atoms with Gasteiger partial charge in [0.05, 0.1) is 18.5 Å². The molecule has 2 aromatic carbocycles. The standard InChI is InChI=1S/C27H29FN2O3S/c1-3-19-9-11-21(12-10-19)27(13-14-27)26(33)30(16-22(28)15-20-7-5-4-6-8-20)17-23-29-24(25(31)32)18(2)34-23/h4-12,22H,3,13-17H2,1-2H3,(H,31,32). The lowest BCUT2D eigenvalue weighted by Crippen LogP contribution is -2.42. The maximum atomic E-state index is 15.2. The third kappa shape index (κ3) is 5.20. The highest BCUT2D eigenvalue weighted by Gasteiger charge is 2.53. The van der Waals surface area contributed by atoms with E-state index < -0.39 is 17.6 Å². The number of carboxylic acids is 1. The van der Waals surface area contributed by atoms with E-state index in [0.717, 1.165) is 30.4 Å². The lowest BCUT2D eigenvalue weighted by molar-refractivity contribution is -0.135. The van der Waals surface area contributed by atoms with E-state index in [9.17, 15) is 14.7 Å². The molecule has 1 amide bonds. The topological polar surface area (TPSA) is 70.5 Å². The summed E-state index contributed by atoms with van der Waals surface area (Å²) >= 11 is 1.24.